The van der Waals surface area contributed by atoms with Crippen molar-refractivity contribution in [3.8, 4) is 11.5 Å². The Morgan fingerprint density at radius 2 is 1.66 bits per heavy atom. The number of rotatable bonds is 7. The molecule has 0 atom stereocenters. The number of amides is 2. The van der Waals surface area contributed by atoms with Crippen molar-refractivity contribution >= 4 is 29.6 Å². The van der Waals surface area contributed by atoms with Gasteiger partial charge in [0.25, 0.3) is 11.8 Å². The number of para-hydroxylation sites is 1. The van der Waals surface area contributed by atoms with Gasteiger partial charge in [-0.05, 0) is 42.0 Å². The Hall–Kier alpha value is -3.64. The summed E-state index contributed by atoms with van der Waals surface area (Å²) in [5, 5.41) is 6.72. The molecule has 0 heterocycles. The molecular weight excluding hydrogens is 390 g/mol. The Labute approximate surface area is 173 Å². The maximum absolute atomic E-state index is 12.0. The molecule has 6 nitrogen and oxygen atoms in total. The highest BCUT2D eigenvalue weighted by Gasteiger charge is 2.10. The Kier molecular flexibility index (Phi) is 6.97. The lowest BCUT2D eigenvalue weighted by Gasteiger charge is -2.06. The number of halogens is 1. The molecule has 29 heavy (non-hydrogen) atoms. The average molecular weight is 408 g/mol. The second kappa shape index (κ2) is 10.1. The van der Waals surface area contributed by atoms with Gasteiger partial charge in [0, 0.05) is 0 Å². The van der Waals surface area contributed by atoms with Gasteiger partial charge >= 0.3 is 0 Å². The molecule has 3 rings (SSSR count). The van der Waals surface area contributed by atoms with Crippen LogP contribution in [0.5, 0.6) is 11.5 Å². The van der Waals surface area contributed by atoms with Crippen molar-refractivity contribution in [1.82, 2.24) is 10.7 Å². The second-order valence-corrected chi connectivity index (χ2v) is 6.35. The lowest BCUT2D eigenvalue weighted by Crippen LogP contribution is -2.35. The second-order valence-electron chi connectivity index (χ2n) is 5.94. The van der Waals surface area contributed by atoms with Gasteiger partial charge in [0.1, 0.15) is 11.5 Å². The van der Waals surface area contributed by atoms with Crippen molar-refractivity contribution in [3.05, 3.63) is 95.0 Å². The molecule has 3 aromatic carbocycles. The number of carbonyl (C=O) groups is 2. The molecule has 2 amide bonds. The van der Waals surface area contributed by atoms with E-state index < -0.39 is 11.8 Å². The van der Waals surface area contributed by atoms with Crippen LogP contribution in [0.2, 0.25) is 5.02 Å². The zero-order valence-electron chi connectivity index (χ0n) is 15.3. The molecule has 0 bridgehead atoms. The normalized spacial score (nSPS) is 10.5. The molecule has 7 heteroatoms. The Bertz CT molecular complexity index is 1020. The number of carbonyl (C=O) groups excluding carboxylic acids is 2. The largest absolute Gasteiger partial charge is 0.457 e. The number of nitrogens with zero attached hydrogens (tertiary/aromatic N) is 1. The first-order chi connectivity index (χ1) is 14.1. The topological polar surface area (TPSA) is 79.8 Å². The van der Waals surface area contributed by atoms with E-state index in [2.05, 4.69) is 15.8 Å². The third-order valence-corrected chi connectivity index (χ3v) is 4.10. The summed E-state index contributed by atoms with van der Waals surface area (Å²) in [5.74, 6) is 0.487. The first-order valence-electron chi connectivity index (χ1n) is 8.79. The lowest BCUT2D eigenvalue weighted by molar-refractivity contribution is -0.120. The zero-order chi connectivity index (χ0) is 20.5. The minimum Gasteiger partial charge on any atom is -0.457 e. The lowest BCUT2D eigenvalue weighted by atomic mass is 10.2. The number of benzene rings is 3. The van der Waals surface area contributed by atoms with Crippen LogP contribution in [-0.2, 0) is 4.79 Å². The van der Waals surface area contributed by atoms with Gasteiger partial charge < -0.3 is 10.1 Å². The van der Waals surface area contributed by atoms with Crippen molar-refractivity contribution in [1.29, 1.82) is 0 Å². The average Bonchev–Trinajstić information content (AvgIpc) is 2.73. The molecule has 0 unspecified atom stereocenters. The van der Waals surface area contributed by atoms with E-state index in [1.165, 1.54) is 6.21 Å². The maximum atomic E-state index is 12.0. The van der Waals surface area contributed by atoms with E-state index in [9.17, 15) is 9.59 Å². The Morgan fingerprint density at radius 3 is 2.45 bits per heavy atom. The van der Waals surface area contributed by atoms with E-state index in [0.29, 0.717) is 16.3 Å². The highest BCUT2D eigenvalue weighted by molar-refractivity contribution is 6.33. The van der Waals surface area contributed by atoms with E-state index in [4.69, 9.17) is 16.3 Å². The predicted octanol–water partition coefficient (Wildman–Crippen LogP) is 4.01. The molecule has 146 valence electrons. The third-order valence-electron chi connectivity index (χ3n) is 3.77. The summed E-state index contributed by atoms with van der Waals surface area (Å²) < 4.78 is 5.76. The summed E-state index contributed by atoms with van der Waals surface area (Å²) in [6, 6.07) is 23.3. The summed E-state index contributed by atoms with van der Waals surface area (Å²) in [6.45, 7) is -0.224. The van der Waals surface area contributed by atoms with E-state index in [1.54, 1.807) is 30.3 Å². The van der Waals surface area contributed by atoms with Gasteiger partial charge in [-0.3, -0.25) is 9.59 Å². The highest BCUT2D eigenvalue weighted by Crippen LogP contribution is 2.21. The zero-order valence-corrected chi connectivity index (χ0v) is 16.1. The predicted molar refractivity (Wildman–Crippen MR) is 112 cm³/mol. The third kappa shape index (κ3) is 6.19. The fraction of sp³-hybridized carbons (Fsp3) is 0.0455. The molecular formula is C22H18ClN3O3. The van der Waals surface area contributed by atoms with Crippen LogP contribution in [-0.4, -0.2) is 24.6 Å². The molecule has 0 aliphatic rings. The van der Waals surface area contributed by atoms with Crippen molar-refractivity contribution in [2.24, 2.45) is 5.10 Å². The minimum absolute atomic E-state index is 0.224. The molecule has 0 saturated heterocycles. The molecule has 2 N–H and O–H groups in total. The van der Waals surface area contributed by atoms with Gasteiger partial charge in [-0.15, -0.1) is 0 Å². The SMILES string of the molecule is O=C(CNC(=O)c1ccccc1Cl)N/N=C\c1cccc(Oc2ccccc2)c1. The standard InChI is InChI=1S/C22H18ClN3O3/c23-20-12-5-4-11-19(20)22(28)24-15-21(27)26-25-14-16-7-6-10-18(13-16)29-17-8-2-1-3-9-17/h1-14H,15H2,(H,24,28)(H,26,27)/b25-14-. The molecule has 0 aliphatic carbocycles. The van der Waals surface area contributed by atoms with E-state index in [1.807, 2.05) is 48.5 Å². The Balaban J connectivity index is 1.49. The molecule has 0 fully saturated rings. The molecule has 0 aromatic heterocycles. The van der Waals surface area contributed by atoms with Gasteiger partial charge in [0.15, 0.2) is 0 Å². The van der Waals surface area contributed by atoms with Crippen molar-refractivity contribution < 1.29 is 14.3 Å². The molecule has 0 aliphatic heterocycles. The quantitative estimate of drug-likeness (QED) is 0.458. The minimum atomic E-state index is -0.460. The summed E-state index contributed by atoms with van der Waals surface area (Å²) >= 11 is 5.95. The van der Waals surface area contributed by atoms with E-state index in [0.717, 1.165) is 11.3 Å². The smallest absolute Gasteiger partial charge is 0.259 e. The molecule has 3 aromatic rings. The summed E-state index contributed by atoms with van der Waals surface area (Å²) in [7, 11) is 0. The van der Waals surface area contributed by atoms with Gasteiger partial charge in [-0.2, -0.15) is 5.10 Å². The Morgan fingerprint density at radius 1 is 0.931 bits per heavy atom. The number of hydrogen-bond acceptors (Lipinski definition) is 4. The van der Waals surface area contributed by atoms with Gasteiger partial charge in [0.2, 0.25) is 0 Å². The van der Waals surface area contributed by atoms with Crippen LogP contribution in [0.4, 0.5) is 0 Å². The van der Waals surface area contributed by atoms with Crippen LogP contribution >= 0.6 is 11.6 Å². The molecule has 0 radical (unpaired) electrons. The van der Waals surface area contributed by atoms with E-state index in [-0.39, 0.29) is 6.54 Å². The van der Waals surface area contributed by atoms with Gasteiger partial charge in [-0.1, -0.05) is 54.1 Å². The number of hydrazone groups is 1. The first kappa shape index (κ1) is 20.1. The summed E-state index contributed by atoms with van der Waals surface area (Å²) in [4.78, 5) is 23.9. The van der Waals surface area contributed by atoms with Crippen LogP contribution in [0.25, 0.3) is 0 Å². The fourth-order valence-electron chi connectivity index (χ4n) is 2.40. The van der Waals surface area contributed by atoms with Crippen molar-refractivity contribution in [2.75, 3.05) is 6.54 Å². The first-order valence-corrected chi connectivity index (χ1v) is 9.17. The monoisotopic (exact) mass is 407 g/mol. The number of nitrogens with one attached hydrogen (secondary N) is 2. The van der Waals surface area contributed by atoms with Crippen LogP contribution in [0.1, 0.15) is 15.9 Å². The highest BCUT2D eigenvalue weighted by atomic mass is 35.5. The van der Waals surface area contributed by atoms with Gasteiger partial charge in [-0.25, -0.2) is 5.43 Å². The van der Waals surface area contributed by atoms with E-state index >= 15 is 0 Å². The summed E-state index contributed by atoms with van der Waals surface area (Å²) in [6.07, 6.45) is 1.49. The van der Waals surface area contributed by atoms with Crippen molar-refractivity contribution in [2.45, 2.75) is 0 Å². The van der Waals surface area contributed by atoms with Crippen LogP contribution in [0.15, 0.2) is 84.0 Å². The summed E-state index contributed by atoms with van der Waals surface area (Å²) in [5.41, 5.74) is 3.42. The van der Waals surface area contributed by atoms with Gasteiger partial charge in [0.05, 0.1) is 23.3 Å². The van der Waals surface area contributed by atoms with Crippen molar-refractivity contribution in [3.63, 3.8) is 0 Å². The van der Waals surface area contributed by atoms with Crippen LogP contribution in [0, 0.1) is 0 Å². The van der Waals surface area contributed by atoms with Crippen LogP contribution in [0.3, 0.4) is 0 Å². The molecule has 0 spiro atoms. The molecule has 0 saturated carbocycles. The van der Waals surface area contributed by atoms with Crippen LogP contribution < -0.4 is 15.5 Å². The number of ether oxygens (including phenoxy) is 1. The fourth-order valence-corrected chi connectivity index (χ4v) is 2.62. The maximum Gasteiger partial charge on any atom is 0.259 e. The number of hydrogen-bond donors (Lipinski definition) is 2.